The molecular weight excluding hydrogens is 240 g/mol. The average Bonchev–Trinajstić information content (AvgIpc) is 2.34. The third kappa shape index (κ3) is 3.02. The molecule has 2 aromatic rings. The second-order valence-electron chi connectivity index (χ2n) is 4.82. The molecule has 2 rings (SSSR count). The fraction of sp³-hybridized carbons (Fsp3) is 0.333. The van der Waals surface area contributed by atoms with Gasteiger partial charge in [-0.15, -0.1) is 0 Å². The van der Waals surface area contributed by atoms with E-state index in [9.17, 15) is 4.79 Å². The van der Waals surface area contributed by atoms with Gasteiger partial charge in [0.15, 0.2) is 0 Å². The number of rotatable bonds is 3. The van der Waals surface area contributed by atoms with Crippen LogP contribution in [0.1, 0.15) is 25.2 Å². The van der Waals surface area contributed by atoms with Gasteiger partial charge in [0.2, 0.25) is 0 Å². The molecule has 19 heavy (non-hydrogen) atoms. The Balaban J connectivity index is 2.37. The number of aromatic nitrogens is 2. The van der Waals surface area contributed by atoms with Crippen LogP contribution in [-0.2, 0) is 0 Å². The van der Waals surface area contributed by atoms with Gasteiger partial charge in [-0.1, -0.05) is 0 Å². The lowest BCUT2D eigenvalue weighted by Gasteiger charge is -2.10. The van der Waals surface area contributed by atoms with Crippen LogP contribution in [0, 0.1) is 13.8 Å². The maximum atomic E-state index is 11.9. The number of benzene rings is 1. The van der Waals surface area contributed by atoms with Gasteiger partial charge in [0.25, 0.3) is 5.56 Å². The molecule has 1 heterocycles. The number of nitrogens with zero attached hydrogens (tertiary/aromatic N) is 1. The lowest BCUT2D eigenvalue weighted by Crippen LogP contribution is -2.14. The molecule has 0 spiro atoms. The molecule has 0 amide bonds. The maximum absolute atomic E-state index is 11.9. The van der Waals surface area contributed by atoms with Crippen LogP contribution in [0.5, 0.6) is 5.75 Å². The van der Waals surface area contributed by atoms with E-state index in [4.69, 9.17) is 4.74 Å². The van der Waals surface area contributed by atoms with Gasteiger partial charge in [0, 0.05) is 11.3 Å². The molecule has 4 heteroatoms. The first-order chi connectivity index (χ1) is 8.97. The molecule has 0 aliphatic heterocycles. The summed E-state index contributed by atoms with van der Waals surface area (Å²) in [5.41, 5.74) is 2.70. The van der Waals surface area contributed by atoms with Crippen LogP contribution in [0.15, 0.2) is 29.1 Å². The number of aromatic amines is 1. The van der Waals surface area contributed by atoms with Gasteiger partial charge in [-0.05, 0) is 52.0 Å². The summed E-state index contributed by atoms with van der Waals surface area (Å²) >= 11 is 0. The van der Waals surface area contributed by atoms with E-state index in [1.165, 1.54) is 0 Å². The van der Waals surface area contributed by atoms with Crippen molar-refractivity contribution in [1.29, 1.82) is 0 Å². The highest BCUT2D eigenvalue weighted by Gasteiger charge is 2.08. The zero-order valence-electron chi connectivity index (χ0n) is 11.7. The minimum absolute atomic E-state index is 0.133. The second kappa shape index (κ2) is 5.26. The fourth-order valence-electron chi connectivity index (χ4n) is 1.78. The van der Waals surface area contributed by atoms with Gasteiger partial charge in [-0.3, -0.25) is 4.79 Å². The third-order valence-electron chi connectivity index (χ3n) is 2.84. The number of aryl methyl sites for hydroxylation is 2. The van der Waals surface area contributed by atoms with Gasteiger partial charge in [0.05, 0.1) is 11.8 Å². The molecular formula is C15H18N2O2. The van der Waals surface area contributed by atoms with E-state index in [1.807, 2.05) is 52.0 Å². The van der Waals surface area contributed by atoms with Crippen molar-refractivity contribution in [1.82, 2.24) is 9.97 Å². The van der Waals surface area contributed by atoms with Crippen molar-refractivity contribution < 1.29 is 4.74 Å². The molecule has 0 saturated heterocycles. The van der Waals surface area contributed by atoms with Crippen molar-refractivity contribution in [2.45, 2.75) is 33.8 Å². The normalized spacial score (nSPS) is 10.8. The molecule has 0 unspecified atom stereocenters. The fourth-order valence-corrected chi connectivity index (χ4v) is 1.78. The highest BCUT2D eigenvalue weighted by molar-refractivity contribution is 5.59. The number of hydrogen-bond acceptors (Lipinski definition) is 3. The van der Waals surface area contributed by atoms with Gasteiger partial charge in [-0.25, -0.2) is 4.98 Å². The van der Waals surface area contributed by atoms with Gasteiger partial charge in [0.1, 0.15) is 11.4 Å². The van der Waals surface area contributed by atoms with Crippen molar-refractivity contribution in [3.63, 3.8) is 0 Å². The maximum Gasteiger partial charge on any atom is 0.274 e. The topological polar surface area (TPSA) is 55.0 Å². The van der Waals surface area contributed by atoms with Crippen LogP contribution in [0.4, 0.5) is 0 Å². The predicted molar refractivity (Wildman–Crippen MR) is 75.5 cm³/mol. The minimum Gasteiger partial charge on any atom is -0.491 e. The molecule has 0 aliphatic rings. The van der Waals surface area contributed by atoms with E-state index in [2.05, 4.69) is 9.97 Å². The van der Waals surface area contributed by atoms with Crippen molar-refractivity contribution in [3.8, 4) is 17.0 Å². The zero-order valence-corrected chi connectivity index (χ0v) is 11.7. The second-order valence-corrected chi connectivity index (χ2v) is 4.82. The molecule has 1 aromatic carbocycles. The average molecular weight is 258 g/mol. The number of hydrogen-bond donors (Lipinski definition) is 1. The van der Waals surface area contributed by atoms with Crippen LogP contribution >= 0.6 is 0 Å². The van der Waals surface area contributed by atoms with E-state index in [0.29, 0.717) is 5.69 Å². The van der Waals surface area contributed by atoms with Gasteiger partial charge < -0.3 is 9.72 Å². The van der Waals surface area contributed by atoms with E-state index in [0.717, 1.165) is 22.7 Å². The SMILES string of the molecule is Cc1nc(-c2ccc(OC(C)C)cc2)c(=O)[nH]c1C. The summed E-state index contributed by atoms with van der Waals surface area (Å²) in [6, 6.07) is 7.41. The van der Waals surface area contributed by atoms with E-state index in [-0.39, 0.29) is 11.7 Å². The number of ether oxygens (including phenoxy) is 1. The molecule has 100 valence electrons. The smallest absolute Gasteiger partial charge is 0.274 e. The molecule has 0 saturated carbocycles. The lowest BCUT2D eigenvalue weighted by molar-refractivity contribution is 0.242. The Hall–Kier alpha value is -2.10. The summed E-state index contributed by atoms with van der Waals surface area (Å²) in [4.78, 5) is 19.1. The molecule has 4 nitrogen and oxygen atoms in total. The Kier molecular flexibility index (Phi) is 3.69. The summed E-state index contributed by atoms with van der Waals surface area (Å²) in [7, 11) is 0. The van der Waals surface area contributed by atoms with Crippen LogP contribution in [0.3, 0.4) is 0 Å². The quantitative estimate of drug-likeness (QED) is 0.921. The Labute approximate surface area is 112 Å². The van der Waals surface area contributed by atoms with Crippen LogP contribution < -0.4 is 10.3 Å². The number of nitrogens with one attached hydrogen (secondary N) is 1. The van der Waals surface area contributed by atoms with Crippen molar-refractivity contribution in [2.24, 2.45) is 0 Å². The molecule has 1 aromatic heterocycles. The highest BCUT2D eigenvalue weighted by Crippen LogP contribution is 2.19. The summed E-state index contributed by atoms with van der Waals surface area (Å²) in [5, 5.41) is 0. The third-order valence-corrected chi connectivity index (χ3v) is 2.84. The van der Waals surface area contributed by atoms with Crippen molar-refractivity contribution in [3.05, 3.63) is 46.0 Å². The molecule has 0 bridgehead atoms. The van der Waals surface area contributed by atoms with Gasteiger partial charge in [-0.2, -0.15) is 0 Å². The first kappa shape index (κ1) is 13.3. The molecule has 1 N–H and O–H groups in total. The first-order valence-corrected chi connectivity index (χ1v) is 6.32. The predicted octanol–water partition coefficient (Wildman–Crippen LogP) is 2.84. The highest BCUT2D eigenvalue weighted by atomic mass is 16.5. The summed E-state index contributed by atoms with van der Waals surface area (Å²) < 4.78 is 5.57. The Morgan fingerprint density at radius 3 is 2.37 bits per heavy atom. The van der Waals surface area contributed by atoms with Gasteiger partial charge >= 0.3 is 0 Å². The molecule has 0 fully saturated rings. The standard InChI is InChI=1S/C15H18N2O2/c1-9(2)19-13-7-5-12(6-8-13)14-15(18)17-11(4)10(3)16-14/h5-9H,1-4H3,(H,17,18). The van der Waals surface area contributed by atoms with Crippen molar-refractivity contribution >= 4 is 0 Å². The van der Waals surface area contributed by atoms with Crippen LogP contribution in [0.25, 0.3) is 11.3 Å². The van der Waals surface area contributed by atoms with Crippen molar-refractivity contribution in [2.75, 3.05) is 0 Å². The Morgan fingerprint density at radius 2 is 1.79 bits per heavy atom. The summed E-state index contributed by atoms with van der Waals surface area (Å²) in [5.74, 6) is 0.791. The number of H-pyrrole nitrogens is 1. The van der Waals surface area contributed by atoms with E-state index in [1.54, 1.807) is 0 Å². The summed E-state index contributed by atoms with van der Waals surface area (Å²) in [6.45, 7) is 7.67. The lowest BCUT2D eigenvalue weighted by atomic mass is 10.1. The molecule has 0 atom stereocenters. The first-order valence-electron chi connectivity index (χ1n) is 6.32. The monoisotopic (exact) mass is 258 g/mol. The van der Waals surface area contributed by atoms with Crippen LogP contribution in [0.2, 0.25) is 0 Å². The minimum atomic E-state index is -0.166. The Bertz CT molecular complexity index is 628. The van der Waals surface area contributed by atoms with E-state index >= 15 is 0 Å². The van der Waals surface area contributed by atoms with Crippen LogP contribution in [-0.4, -0.2) is 16.1 Å². The zero-order chi connectivity index (χ0) is 14.0. The van der Waals surface area contributed by atoms with E-state index < -0.39 is 0 Å². The Morgan fingerprint density at radius 1 is 1.16 bits per heavy atom. The summed E-state index contributed by atoms with van der Waals surface area (Å²) in [6.07, 6.45) is 0.133. The molecule has 0 aliphatic carbocycles. The largest absolute Gasteiger partial charge is 0.491 e. The molecule has 0 radical (unpaired) electrons.